The Morgan fingerprint density at radius 3 is 2.76 bits per heavy atom. The van der Waals surface area contributed by atoms with Crippen LogP contribution in [0.5, 0.6) is 5.75 Å². The molecule has 1 saturated heterocycles. The van der Waals surface area contributed by atoms with E-state index in [1.807, 2.05) is 0 Å². The van der Waals surface area contributed by atoms with Crippen molar-refractivity contribution in [3.8, 4) is 17.2 Å². The monoisotopic (exact) mass is 295 g/mol. The molecule has 3 rings (SSSR count). The van der Waals surface area contributed by atoms with Crippen LogP contribution in [0.3, 0.4) is 0 Å². The van der Waals surface area contributed by atoms with E-state index in [1.165, 1.54) is 6.07 Å². The van der Waals surface area contributed by atoms with Crippen molar-refractivity contribution in [3.05, 3.63) is 30.1 Å². The van der Waals surface area contributed by atoms with Crippen LogP contribution >= 0.6 is 0 Å². The Hall–Kier alpha value is -2.02. The zero-order valence-electron chi connectivity index (χ0n) is 11.3. The van der Waals surface area contributed by atoms with Crippen molar-refractivity contribution in [1.29, 1.82) is 0 Å². The van der Waals surface area contributed by atoms with Crippen LogP contribution in [-0.2, 0) is 0 Å². The molecule has 0 amide bonds. The van der Waals surface area contributed by atoms with Gasteiger partial charge < -0.3 is 14.6 Å². The maximum absolute atomic E-state index is 12.4. The topological polar surface area (TPSA) is 60.2 Å². The summed E-state index contributed by atoms with van der Waals surface area (Å²) in [6, 6.07) is 6.40. The van der Waals surface area contributed by atoms with Crippen molar-refractivity contribution in [3.63, 3.8) is 0 Å². The molecule has 1 aromatic heterocycles. The van der Waals surface area contributed by atoms with Gasteiger partial charge in [-0.2, -0.15) is 13.8 Å². The van der Waals surface area contributed by atoms with Gasteiger partial charge in [0, 0.05) is 5.92 Å². The first-order chi connectivity index (χ1) is 10.2. The van der Waals surface area contributed by atoms with Crippen molar-refractivity contribution < 1.29 is 18.0 Å². The molecular weight excluding hydrogens is 280 g/mol. The van der Waals surface area contributed by atoms with Crippen LogP contribution in [0, 0.1) is 0 Å². The summed E-state index contributed by atoms with van der Waals surface area (Å²) in [4.78, 5) is 4.34. The molecule has 1 N–H and O–H groups in total. The fourth-order valence-electron chi connectivity index (χ4n) is 2.43. The minimum Gasteiger partial charge on any atom is -0.434 e. The summed E-state index contributed by atoms with van der Waals surface area (Å²) in [5.74, 6) is 1.11. The SMILES string of the molecule is FC(F)Oc1ccccc1-c1nc(C2CCNCC2)no1. The second kappa shape index (κ2) is 6.17. The first-order valence-corrected chi connectivity index (χ1v) is 6.82. The van der Waals surface area contributed by atoms with Crippen LogP contribution < -0.4 is 10.1 Å². The number of hydrogen-bond donors (Lipinski definition) is 1. The highest BCUT2D eigenvalue weighted by atomic mass is 19.3. The standard InChI is InChI=1S/C14H15F2N3O2/c15-14(16)20-11-4-2-1-3-10(11)13-18-12(19-21-13)9-5-7-17-8-6-9/h1-4,9,14,17H,5-8H2. The van der Waals surface area contributed by atoms with Crippen LogP contribution in [0.25, 0.3) is 11.5 Å². The first kappa shape index (κ1) is 13.9. The summed E-state index contributed by atoms with van der Waals surface area (Å²) < 4.78 is 34.5. The third-order valence-corrected chi connectivity index (χ3v) is 3.48. The smallest absolute Gasteiger partial charge is 0.387 e. The second-order valence-electron chi connectivity index (χ2n) is 4.86. The summed E-state index contributed by atoms with van der Waals surface area (Å²) in [5, 5.41) is 7.24. The third-order valence-electron chi connectivity index (χ3n) is 3.48. The van der Waals surface area contributed by atoms with Crippen molar-refractivity contribution in [1.82, 2.24) is 15.5 Å². The van der Waals surface area contributed by atoms with Gasteiger partial charge in [-0.25, -0.2) is 0 Å². The van der Waals surface area contributed by atoms with Gasteiger partial charge in [0.15, 0.2) is 5.82 Å². The van der Waals surface area contributed by atoms with Gasteiger partial charge in [-0.15, -0.1) is 0 Å². The van der Waals surface area contributed by atoms with Crippen LogP contribution in [0.1, 0.15) is 24.6 Å². The van der Waals surface area contributed by atoms with Crippen molar-refractivity contribution in [2.45, 2.75) is 25.4 Å². The average Bonchev–Trinajstić information content (AvgIpc) is 2.98. The molecule has 5 nitrogen and oxygen atoms in total. The van der Waals surface area contributed by atoms with Crippen molar-refractivity contribution >= 4 is 0 Å². The summed E-state index contributed by atoms with van der Waals surface area (Å²) in [6.45, 7) is -1.06. The summed E-state index contributed by atoms with van der Waals surface area (Å²) in [7, 11) is 0. The van der Waals surface area contributed by atoms with Gasteiger partial charge >= 0.3 is 6.61 Å². The molecule has 0 aliphatic carbocycles. The molecule has 0 atom stereocenters. The molecule has 0 radical (unpaired) electrons. The maximum atomic E-state index is 12.4. The molecule has 112 valence electrons. The van der Waals surface area contributed by atoms with Crippen LogP contribution in [0.4, 0.5) is 8.78 Å². The lowest BCUT2D eigenvalue weighted by Gasteiger charge is -2.18. The van der Waals surface area contributed by atoms with Gasteiger partial charge in [0.05, 0.1) is 5.56 Å². The lowest BCUT2D eigenvalue weighted by atomic mass is 9.98. The van der Waals surface area contributed by atoms with E-state index in [0.717, 1.165) is 25.9 Å². The number of rotatable bonds is 4. The van der Waals surface area contributed by atoms with Crippen LogP contribution in [-0.4, -0.2) is 29.8 Å². The molecule has 1 aliphatic heterocycles. The number of para-hydroxylation sites is 1. The molecule has 0 unspecified atom stereocenters. The number of benzene rings is 1. The molecule has 1 aliphatic rings. The summed E-state index contributed by atoms with van der Waals surface area (Å²) >= 11 is 0. The zero-order valence-corrected chi connectivity index (χ0v) is 11.3. The van der Waals surface area contributed by atoms with Gasteiger partial charge in [-0.05, 0) is 38.1 Å². The molecule has 0 spiro atoms. The molecule has 0 bridgehead atoms. The van der Waals surface area contributed by atoms with Gasteiger partial charge in [-0.1, -0.05) is 17.3 Å². The lowest BCUT2D eigenvalue weighted by molar-refractivity contribution is -0.0495. The predicted molar refractivity (Wildman–Crippen MR) is 71.2 cm³/mol. The van der Waals surface area contributed by atoms with E-state index in [-0.39, 0.29) is 17.6 Å². The molecule has 21 heavy (non-hydrogen) atoms. The van der Waals surface area contributed by atoms with Gasteiger partial charge in [0.2, 0.25) is 0 Å². The molecule has 1 aromatic carbocycles. The highest BCUT2D eigenvalue weighted by Gasteiger charge is 2.22. The highest BCUT2D eigenvalue weighted by Crippen LogP contribution is 2.31. The number of aromatic nitrogens is 2. The third kappa shape index (κ3) is 3.18. The minimum absolute atomic E-state index is 0.0352. The Balaban J connectivity index is 1.85. The van der Waals surface area contributed by atoms with Gasteiger partial charge in [-0.3, -0.25) is 0 Å². The largest absolute Gasteiger partial charge is 0.434 e. The number of hydrogen-bond acceptors (Lipinski definition) is 5. The van der Waals surface area contributed by atoms with E-state index in [0.29, 0.717) is 11.4 Å². The Labute approximate surface area is 120 Å². The quantitative estimate of drug-likeness (QED) is 0.940. The number of piperidine rings is 1. The second-order valence-corrected chi connectivity index (χ2v) is 4.86. The number of nitrogens with one attached hydrogen (secondary N) is 1. The Bertz CT molecular complexity index is 597. The predicted octanol–water partition coefficient (Wildman–Crippen LogP) is 2.81. The fraction of sp³-hybridized carbons (Fsp3) is 0.429. The highest BCUT2D eigenvalue weighted by molar-refractivity contribution is 5.62. The summed E-state index contributed by atoms with van der Waals surface area (Å²) in [6.07, 6.45) is 1.88. The molecule has 2 heterocycles. The van der Waals surface area contributed by atoms with Crippen molar-refractivity contribution in [2.24, 2.45) is 0 Å². The molecule has 0 saturated carbocycles. The van der Waals surface area contributed by atoms with E-state index < -0.39 is 6.61 Å². The number of alkyl halides is 2. The van der Waals surface area contributed by atoms with E-state index >= 15 is 0 Å². The minimum atomic E-state index is -2.89. The van der Waals surface area contributed by atoms with E-state index in [4.69, 9.17) is 4.52 Å². The fourth-order valence-corrected chi connectivity index (χ4v) is 2.43. The Morgan fingerprint density at radius 1 is 1.24 bits per heavy atom. The van der Waals surface area contributed by atoms with Crippen molar-refractivity contribution in [2.75, 3.05) is 13.1 Å². The maximum Gasteiger partial charge on any atom is 0.387 e. The molecule has 7 heteroatoms. The molecule has 2 aromatic rings. The zero-order chi connectivity index (χ0) is 14.7. The Morgan fingerprint density at radius 2 is 2.00 bits per heavy atom. The van der Waals surface area contributed by atoms with Gasteiger partial charge in [0.1, 0.15) is 5.75 Å². The summed E-state index contributed by atoms with van der Waals surface area (Å²) in [5.41, 5.74) is 0.380. The number of ether oxygens (including phenoxy) is 1. The number of nitrogens with zero attached hydrogens (tertiary/aromatic N) is 2. The number of halogens is 2. The molecular formula is C14H15F2N3O2. The van der Waals surface area contributed by atoms with Gasteiger partial charge in [0.25, 0.3) is 5.89 Å². The first-order valence-electron chi connectivity index (χ1n) is 6.82. The normalized spacial score (nSPS) is 16.3. The van der Waals surface area contributed by atoms with E-state index in [9.17, 15) is 8.78 Å². The van der Waals surface area contributed by atoms with E-state index in [1.54, 1.807) is 18.2 Å². The van der Waals surface area contributed by atoms with Crippen LogP contribution in [0.15, 0.2) is 28.8 Å². The molecule has 1 fully saturated rings. The average molecular weight is 295 g/mol. The van der Waals surface area contributed by atoms with Crippen LogP contribution in [0.2, 0.25) is 0 Å². The van der Waals surface area contributed by atoms with E-state index in [2.05, 4.69) is 20.2 Å². The Kier molecular flexibility index (Phi) is 4.10. The lowest BCUT2D eigenvalue weighted by Crippen LogP contribution is -2.27.